The normalized spacial score (nSPS) is 14.7. The molecule has 5 nitrogen and oxygen atoms in total. The number of piperazine rings is 1. The molecule has 0 spiro atoms. The standard InChI is InChI=1S/C14H20ClN3O2.2ClH/c15-12-1-3-13(4-2-12)20-10-9-17-5-7-18(8-6-17)14(19)11-16;;/h1-4H,5-11,16H2;2*1H. The van der Waals surface area contributed by atoms with Gasteiger partial charge in [0.2, 0.25) is 5.91 Å². The SMILES string of the molecule is Cl.Cl.NCC(=O)N1CCN(CCOc2ccc(Cl)cc2)CC1. The quantitative estimate of drug-likeness (QED) is 0.856. The maximum absolute atomic E-state index is 11.4. The van der Waals surface area contributed by atoms with Crippen molar-refractivity contribution >= 4 is 42.3 Å². The molecule has 8 heteroatoms. The van der Waals surface area contributed by atoms with Crippen LogP contribution < -0.4 is 10.5 Å². The molecular weight excluding hydrogens is 349 g/mol. The highest BCUT2D eigenvalue weighted by Crippen LogP contribution is 2.15. The first-order chi connectivity index (χ1) is 9.69. The zero-order valence-corrected chi connectivity index (χ0v) is 14.6. The van der Waals surface area contributed by atoms with Gasteiger partial charge in [0, 0.05) is 37.7 Å². The summed E-state index contributed by atoms with van der Waals surface area (Å²) in [5.74, 6) is 0.855. The summed E-state index contributed by atoms with van der Waals surface area (Å²) in [6.45, 7) is 4.82. The predicted octanol–water partition coefficient (Wildman–Crippen LogP) is 1.67. The van der Waals surface area contributed by atoms with Gasteiger partial charge in [-0.25, -0.2) is 0 Å². The minimum absolute atomic E-state index is 0. The maximum atomic E-state index is 11.4. The summed E-state index contributed by atoms with van der Waals surface area (Å²) in [6, 6.07) is 7.35. The number of rotatable bonds is 5. The third kappa shape index (κ3) is 6.58. The molecule has 126 valence electrons. The van der Waals surface area contributed by atoms with Gasteiger partial charge < -0.3 is 15.4 Å². The zero-order chi connectivity index (χ0) is 14.4. The number of amides is 1. The van der Waals surface area contributed by atoms with Crippen LogP contribution in [-0.2, 0) is 4.79 Å². The summed E-state index contributed by atoms with van der Waals surface area (Å²) in [6.07, 6.45) is 0. The Morgan fingerprint density at radius 2 is 1.73 bits per heavy atom. The number of hydrogen-bond acceptors (Lipinski definition) is 4. The Bertz CT molecular complexity index is 437. The lowest BCUT2D eigenvalue weighted by Crippen LogP contribution is -2.50. The van der Waals surface area contributed by atoms with Crippen LogP contribution in [0.1, 0.15) is 0 Å². The van der Waals surface area contributed by atoms with E-state index in [1.54, 1.807) is 0 Å². The highest BCUT2D eigenvalue weighted by atomic mass is 35.5. The Hall–Kier alpha value is -0.720. The summed E-state index contributed by atoms with van der Waals surface area (Å²) >= 11 is 5.81. The lowest BCUT2D eigenvalue weighted by Gasteiger charge is -2.34. The Morgan fingerprint density at radius 3 is 2.27 bits per heavy atom. The van der Waals surface area contributed by atoms with Gasteiger partial charge in [-0.3, -0.25) is 9.69 Å². The number of carbonyl (C=O) groups excluding carboxylic acids is 1. The van der Waals surface area contributed by atoms with Crippen molar-refractivity contribution in [2.24, 2.45) is 5.73 Å². The monoisotopic (exact) mass is 369 g/mol. The average Bonchev–Trinajstić information content (AvgIpc) is 2.49. The fourth-order valence-corrected chi connectivity index (χ4v) is 2.30. The van der Waals surface area contributed by atoms with E-state index in [-0.39, 0.29) is 37.3 Å². The second-order valence-electron chi connectivity index (χ2n) is 4.73. The van der Waals surface area contributed by atoms with Gasteiger partial charge in [-0.2, -0.15) is 0 Å². The van der Waals surface area contributed by atoms with E-state index in [1.165, 1.54) is 0 Å². The molecule has 0 saturated carbocycles. The molecule has 0 unspecified atom stereocenters. The number of halogens is 3. The Balaban J connectivity index is 0.00000220. The average molecular weight is 371 g/mol. The Labute approximate surface area is 148 Å². The fraction of sp³-hybridized carbons (Fsp3) is 0.500. The molecule has 0 bridgehead atoms. The van der Waals surface area contributed by atoms with E-state index in [1.807, 2.05) is 29.2 Å². The summed E-state index contributed by atoms with van der Waals surface area (Å²) in [4.78, 5) is 15.6. The van der Waals surface area contributed by atoms with Crippen LogP contribution in [-0.4, -0.2) is 61.6 Å². The summed E-state index contributed by atoms with van der Waals surface area (Å²) < 4.78 is 5.66. The molecule has 2 rings (SSSR count). The van der Waals surface area contributed by atoms with Crippen molar-refractivity contribution in [1.29, 1.82) is 0 Å². The van der Waals surface area contributed by atoms with E-state index < -0.39 is 0 Å². The van der Waals surface area contributed by atoms with E-state index in [0.717, 1.165) is 38.5 Å². The first kappa shape index (κ1) is 21.3. The lowest BCUT2D eigenvalue weighted by atomic mass is 10.3. The van der Waals surface area contributed by atoms with Crippen molar-refractivity contribution < 1.29 is 9.53 Å². The summed E-state index contributed by atoms with van der Waals surface area (Å²) in [5, 5.41) is 0.707. The zero-order valence-electron chi connectivity index (χ0n) is 12.2. The molecule has 1 aliphatic heterocycles. The van der Waals surface area contributed by atoms with E-state index in [4.69, 9.17) is 22.1 Å². The second kappa shape index (κ2) is 10.9. The molecule has 1 aromatic rings. The van der Waals surface area contributed by atoms with Crippen LogP contribution in [0.25, 0.3) is 0 Å². The maximum Gasteiger partial charge on any atom is 0.236 e. The van der Waals surface area contributed by atoms with E-state index >= 15 is 0 Å². The number of nitrogens with zero attached hydrogens (tertiary/aromatic N) is 2. The minimum atomic E-state index is 0. The van der Waals surface area contributed by atoms with Crippen LogP contribution in [0.3, 0.4) is 0 Å². The molecule has 2 N–H and O–H groups in total. The van der Waals surface area contributed by atoms with Crippen molar-refractivity contribution in [3.05, 3.63) is 29.3 Å². The number of carbonyl (C=O) groups is 1. The summed E-state index contributed by atoms with van der Waals surface area (Å²) in [7, 11) is 0. The third-order valence-electron chi connectivity index (χ3n) is 3.39. The van der Waals surface area contributed by atoms with Crippen LogP contribution in [0, 0.1) is 0 Å². The van der Waals surface area contributed by atoms with Crippen molar-refractivity contribution in [2.75, 3.05) is 45.9 Å². The van der Waals surface area contributed by atoms with Crippen LogP contribution >= 0.6 is 36.4 Å². The van der Waals surface area contributed by atoms with Gasteiger partial charge in [-0.1, -0.05) is 11.6 Å². The van der Waals surface area contributed by atoms with Gasteiger partial charge in [0.05, 0.1) is 6.54 Å². The number of ether oxygens (including phenoxy) is 1. The van der Waals surface area contributed by atoms with Crippen molar-refractivity contribution in [1.82, 2.24) is 9.80 Å². The van der Waals surface area contributed by atoms with E-state index in [9.17, 15) is 4.79 Å². The molecule has 22 heavy (non-hydrogen) atoms. The first-order valence-corrected chi connectivity index (χ1v) is 7.15. The topological polar surface area (TPSA) is 58.8 Å². The van der Waals surface area contributed by atoms with Crippen LogP contribution in [0.15, 0.2) is 24.3 Å². The molecule has 1 saturated heterocycles. The molecule has 0 aliphatic carbocycles. The van der Waals surface area contributed by atoms with Crippen LogP contribution in [0.4, 0.5) is 0 Å². The second-order valence-corrected chi connectivity index (χ2v) is 5.17. The van der Waals surface area contributed by atoms with Gasteiger partial charge in [0.25, 0.3) is 0 Å². The molecule has 0 aromatic heterocycles. The Morgan fingerprint density at radius 1 is 1.14 bits per heavy atom. The third-order valence-corrected chi connectivity index (χ3v) is 3.64. The number of benzene rings is 1. The smallest absolute Gasteiger partial charge is 0.236 e. The predicted molar refractivity (Wildman–Crippen MR) is 93.5 cm³/mol. The minimum Gasteiger partial charge on any atom is -0.492 e. The molecule has 0 radical (unpaired) electrons. The molecule has 1 aromatic carbocycles. The number of nitrogens with two attached hydrogens (primary N) is 1. The van der Waals surface area contributed by atoms with E-state index in [0.29, 0.717) is 11.6 Å². The largest absolute Gasteiger partial charge is 0.492 e. The van der Waals surface area contributed by atoms with Gasteiger partial charge in [0.15, 0.2) is 0 Å². The molecule has 0 atom stereocenters. The highest BCUT2D eigenvalue weighted by Gasteiger charge is 2.19. The van der Waals surface area contributed by atoms with Crippen molar-refractivity contribution in [3.8, 4) is 5.75 Å². The molecule has 1 aliphatic rings. The van der Waals surface area contributed by atoms with Gasteiger partial charge in [0.1, 0.15) is 12.4 Å². The van der Waals surface area contributed by atoms with Crippen molar-refractivity contribution in [3.63, 3.8) is 0 Å². The fourth-order valence-electron chi connectivity index (χ4n) is 2.17. The molecular formula is C14H22Cl3N3O2. The first-order valence-electron chi connectivity index (χ1n) is 6.77. The van der Waals surface area contributed by atoms with Gasteiger partial charge in [-0.05, 0) is 24.3 Å². The Kier molecular flexibility index (Phi) is 10.6. The number of hydrogen-bond donors (Lipinski definition) is 1. The summed E-state index contributed by atoms with van der Waals surface area (Å²) in [5.41, 5.74) is 5.36. The molecule has 1 fully saturated rings. The van der Waals surface area contributed by atoms with E-state index in [2.05, 4.69) is 4.90 Å². The van der Waals surface area contributed by atoms with Gasteiger partial charge >= 0.3 is 0 Å². The highest BCUT2D eigenvalue weighted by molar-refractivity contribution is 6.30. The van der Waals surface area contributed by atoms with Gasteiger partial charge in [-0.15, -0.1) is 24.8 Å². The van der Waals surface area contributed by atoms with Crippen LogP contribution in [0.5, 0.6) is 5.75 Å². The molecule has 1 amide bonds. The lowest BCUT2D eigenvalue weighted by molar-refractivity contribution is -0.131. The van der Waals surface area contributed by atoms with Crippen LogP contribution in [0.2, 0.25) is 5.02 Å². The van der Waals surface area contributed by atoms with Crippen molar-refractivity contribution in [2.45, 2.75) is 0 Å². The molecule has 1 heterocycles.